The van der Waals surface area contributed by atoms with E-state index in [0.717, 1.165) is 5.75 Å². The molecule has 0 bridgehead atoms. The Balaban J connectivity index is 3.24. The van der Waals surface area contributed by atoms with E-state index in [-0.39, 0.29) is 0 Å². The standard InChI is InChI=1S/C6H10OPS2/c1-3-5-7-8(9)10-6-4-2/h3-4H,1-2,5-6H2/q+1. The van der Waals surface area contributed by atoms with E-state index in [1.54, 1.807) is 17.5 Å². The smallest absolute Gasteiger partial charge is 0.154 e. The van der Waals surface area contributed by atoms with Gasteiger partial charge in [0.1, 0.15) is 18.0 Å². The molecule has 0 aliphatic heterocycles. The van der Waals surface area contributed by atoms with Crippen molar-refractivity contribution in [1.29, 1.82) is 0 Å². The lowest BCUT2D eigenvalue weighted by Gasteiger charge is -1.83. The van der Waals surface area contributed by atoms with Gasteiger partial charge < -0.3 is 0 Å². The van der Waals surface area contributed by atoms with E-state index in [4.69, 9.17) is 16.3 Å². The number of hydrogen-bond acceptors (Lipinski definition) is 3. The highest BCUT2D eigenvalue weighted by Gasteiger charge is 2.10. The first-order valence-corrected chi connectivity index (χ1v) is 6.62. The molecule has 4 heteroatoms. The lowest BCUT2D eigenvalue weighted by atomic mass is 10.7. The Kier molecular flexibility index (Phi) is 7.65. The quantitative estimate of drug-likeness (QED) is 0.474. The van der Waals surface area contributed by atoms with Crippen molar-refractivity contribution in [3.05, 3.63) is 25.3 Å². The number of rotatable bonds is 6. The molecule has 0 saturated heterocycles. The Hall–Kier alpha value is 0.310. The van der Waals surface area contributed by atoms with Crippen LogP contribution < -0.4 is 0 Å². The van der Waals surface area contributed by atoms with Crippen molar-refractivity contribution >= 4 is 29.3 Å². The molecular weight excluding hydrogens is 183 g/mol. The summed E-state index contributed by atoms with van der Waals surface area (Å²) in [6.45, 7) is 7.66. The molecule has 0 aliphatic rings. The van der Waals surface area contributed by atoms with Gasteiger partial charge in [0.2, 0.25) is 11.8 Å². The minimum absolute atomic E-state index is 0.555. The van der Waals surface area contributed by atoms with Gasteiger partial charge in [0.05, 0.1) is 5.75 Å². The maximum absolute atomic E-state index is 5.17. The van der Waals surface area contributed by atoms with E-state index in [9.17, 15) is 0 Å². The third kappa shape index (κ3) is 6.43. The van der Waals surface area contributed by atoms with E-state index in [1.165, 1.54) is 0 Å². The van der Waals surface area contributed by atoms with Crippen LogP contribution >= 0.6 is 17.5 Å². The molecule has 1 nitrogen and oxygen atoms in total. The molecule has 0 N–H and O–H groups in total. The van der Waals surface area contributed by atoms with Crippen molar-refractivity contribution in [2.24, 2.45) is 0 Å². The predicted octanol–water partition coefficient (Wildman–Crippen LogP) is 2.88. The van der Waals surface area contributed by atoms with Crippen molar-refractivity contribution in [1.82, 2.24) is 0 Å². The van der Waals surface area contributed by atoms with Gasteiger partial charge in [-0.2, -0.15) is 4.52 Å². The van der Waals surface area contributed by atoms with Crippen LogP contribution in [0.5, 0.6) is 0 Å². The van der Waals surface area contributed by atoms with Gasteiger partial charge in [0.25, 0.3) is 0 Å². The Morgan fingerprint density at radius 2 is 2.20 bits per heavy atom. The molecule has 0 aromatic rings. The Bertz CT molecular complexity index is 122. The molecule has 10 heavy (non-hydrogen) atoms. The molecule has 0 heterocycles. The van der Waals surface area contributed by atoms with Crippen LogP contribution in [0.15, 0.2) is 25.3 Å². The van der Waals surface area contributed by atoms with Crippen LogP contribution in [-0.4, -0.2) is 12.4 Å². The first-order valence-electron chi connectivity index (χ1n) is 2.76. The zero-order chi connectivity index (χ0) is 7.82. The van der Waals surface area contributed by atoms with E-state index in [0.29, 0.717) is 6.61 Å². The van der Waals surface area contributed by atoms with Crippen molar-refractivity contribution in [3.8, 4) is 0 Å². The molecular formula is C6H10OPS2+. The van der Waals surface area contributed by atoms with Crippen LogP contribution in [-0.2, 0) is 16.3 Å². The fourth-order valence-corrected chi connectivity index (χ4v) is 2.61. The van der Waals surface area contributed by atoms with Gasteiger partial charge in [0.15, 0.2) is 0 Å². The monoisotopic (exact) mass is 193 g/mol. The summed E-state index contributed by atoms with van der Waals surface area (Å²) in [7, 11) is 0. The van der Waals surface area contributed by atoms with Gasteiger partial charge in [-0.15, -0.1) is 13.2 Å². The van der Waals surface area contributed by atoms with Crippen LogP contribution in [0.4, 0.5) is 0 Å². The second-order valence-corrected chi connectivity index (χ2v) is 6.15. The van der Waals surface area contributed by atoms with Crippen molar-refractivity contribution in [2.75, 3.05) is 12.4 Å². The molecule has 0 aromatic carbocycles. The fraction of sp³-hybridized carbons (Fsp3) is 0.333. The van der Waals surface area contributed by atoms with Gasteiger partial charge in [-0.05, 0) is 0 Å². The first-order chi connectivity index (χ1) is 4.81. The molecule has 0 spiro atoms. The topological polar surface area (TPSA) is 9.23 Å². The third-order valence-corrected chi connectivity index (χ3v) is 4.21. The zero-order valence-corrected chi connectivity index (χ0v) is 8.18. The average molecular weight is 193 g/mol. The highest BCUT2D eigenvalue weighted by atomic mass is 32.9. The van der Waals surface area contributed by atoms with E-state index in [1.807, 2.05) is 6.08 Å². The van der Waals surface area contributed by atoms with Crippen LogP contribution in [0.25, 0.3) is 0 Å². The molecule has 0 fully saturated rings. The predicted molar refractivity (Wildman–Crippen MR) is 53.1 cm³/mol. The second kappa shape index (κ2) is 7.42. The molecule has 0 aromatic heterocycles. The Labute approximate surface area is 71.8 Å². The molecule has 0 radical (unpaired) electrons. The van der Waals surface area contributed by atoms with E-state index < -0.39 is 6.13 Å². The SMILES string of the molecule is C=CCO[P+](=S)SCC=C. The summed E-state index contributed by atoms with van der Waals surface area (Å²) < 4.78 is 5.17. The maximum Gasteiger partial charge on any atom is 0.414 e. The van der Waals surface area contributed by atoms with Crippen molar-refractivity contribution in [2.45, 2.75) is 0 Å². The van der Waals surface area contributed by atoms with Crippen LogP contribution in [0, 0.1) is 0 Å². The average Bonchev–Trinajstić information content (AvgIpc) is 1.97. The molecule has 0 saturated carbocycles. The molecule has 0 amide bonds. The fourth-order valence-electron chi connectivity index (χ4n) is 0.264. The molecule has 1 atom stereocenters. The highest BCUT2D eigenvalue weighted by molar-refractivity contribution is 8.62. The largest absolute Gasteiger partial charge is 0.414 e. The minimum atomic E-state index is -0.735. The maximum atomic E-state index is 5.17. The zero-order valence-electron chi connectivity index (χ0n) is 5.66. The lowest BCUT2D eigenvalue weighted by Crippen LogP contribution is -1.75. The van der Waals surface area contributed by atoms with Crippen LogP contribution in [0.3, 0.4) is 0 Å². The van der Waals surface area contributed by atoms with Gasteiger partial charge >= 0.3 is 6.13 Å². The summed E-state index contributed by atoms with van der Waals surface area (Å²) in [5, 5.41) is 0. The summed E-state index contributed by atoms with van der Waals surface area (Å²) >= 11 is 6.59. The van der Waals surface area contributed by atoms with Gasteiger partial charge in [-0.25, -0.2) is 0 Å². The van der Waals surface area contributed by atoms with E-state index in [2.05, 4.69) is 13.2 Å². The normalized spacial score (nSPS) is 10.6. The Morgan fingerprint density at radius 3 is 2.70 bits per heavy atom. The van der Waals surface area contributed by atoms with Crippen LogP contribution in [0.1, 0.15) is 0 Å². The lowest BCUT2D eigenvalue weighted by molar-refractivity contribution is 0.423. The van der Waals surface area contributed by atoms with E-state index >= 15 is 0 Å². The third-order valence-electron chi connectivity index (χ3n) is 0.596. The summed E-state index contributed by atoms with van der Waals surface area (Å²) in [4.78, 5) is 0. The summed E-state index contributed by atoms with van der Waals surface area (Å²) in [5.74, 6) is 0.867. The second-order valence-electron chi connectivity index (χ2n) is 1.39. The first kappa shape index (κ1) is 10.3. The number of hydrogen-bond donors (Lipinski definition) is 0. The van der Waals surface area contributed by atoms with Crippen molar-refractivity contribution < 1.29 is 4.52 Å². The van der Waals surface area contributed by atoms with Crippen LogP contribution in [0.2, 0.25) is 0 Å². The van der Waals surface area contributed by atoms with Gasteiger partial charge in [-0.1, -0.05) is 12.2 Å². The summed E-state index contributed by atoms with van der Waals surface area (Å²) in [6, 6.07) is 0. The van der Waals surface area contributed by atoms with Gasteiger partial charge in [-0.3, -0.25) is 0 Å². The summed E-state index contributed by atoms with van der Waals surface area (Å²) in [5.41, 5.74) is 0. The van der Waals surface area contributed by atoms with Crippen molar-refractivity contribution in [3.63, 3.8) is 0 Å². The molecule has 56 valence electrons. The molecule has 0 rings (SSSR count). The molecule has 0 aliphatic carbocycles. The Morgan fingerprint density at radius 1 is 1.50 bits per heavy atom. The molecule has 1 unspecified atom stereocenters. The van der Waals surface area contributed by atoms with Gasteiger partial charge in [0, 0.05) is 0 Å². The minimum Gasteiger partial charge on any atom is -0.154 e. The highest BCUT2D eigenvalue weighted by Crippen LogP contribution is 2.38. The summed E-state index contributed by atoms with van der Waals surface area (Å²) in [6.07, 6.45) is 2.79.